The van der Waals surface area contributed by atoms with E-state index < -0.39 is 0 Å². The van der Waals surface area contributed by atoms with Crippen molar-refractivity contribution >= 4 is 29.5 Å². The van der Waals surface area contributed by atoms with E-state index in [0.29, 0.717) is 66.7 Å². The monoisotopic (exact) mass is 574 g/mol. The number of aromatic amines is 1. The number of amides is 3. The highest BCUT2D eigenvalue weighted by molar-refractivity contribution is 7.98. The number of hydrogen-bond donors (Lipinski definition) is 4. The zero-order valence-electron chi connectivity index (χ0n) is 22.3. The van der Waals surface area contributed by atoms with E-state index in [-0.39, 0.29) is 35.8 Å². The van der Waals surface area contributed by atoms with Gasteiger partial charge >= 0.3 is 0 Å². The third kappa shape index (κ3) is 7.34. The lowest BCUT2D eigenvalue weighted by atomic mass is 9.98. The first-order chi connectivity index (χ1) is 20.0. The van der Waals surface area contributed by atoms with Crippen molar-refractivity contribution in [3.63, 3.8) is 0 Å². The van der Waals surface area contributed by atoms with Gasteiger partial charge in [-0.25, -0.2) is 4.98 Å². The summed E-state index contributed by atoms with van der Waals surface area (Å²) in [6.45, 7) is 0.959. The van der Waals surface area contributed by atoms with Gasteiger partial charge in [-0.15, -0.1) is 0 Å². The summed E-state index contributed by atoms with van der Waals surface area (Å²) in [5, 5.41) is 23.5. The fourth-order valence-electron chi connectivity index (χ4n) is 4.49. The van der Waals surface area contributed by atoms with Crippen LogP contribution in [0.5, 0.6) is 5.75 Å². The van der Waals surface area contributed by atoms with Gasteiger partial charge in [-0.2, -0.15) is 5.10 Å². The van der Waals surface area contributed by atoms with Crippen LogP contribution in [0.3, 0.4) is 0 Å². The molecule has 0 fully saturated rings. The van der Waals surface area contributed by atoms with Gasteiger partial charge in [-0.1, -0.05) is 30.0 Å². The molecule has 212 valence electrons. The van der Waals surface area contributed by atoms with Gasteiger partial charge < -0.3 is 25.1 Å². The number of phenols is 1. The highest BCUT2D eigenvalue weighted by Gasteiger charge is 2.22. The number of thioether (sulfide) groups is 1. The number of aromatic nitrogens is 3. The summed E-state index contributed by atoms with van der Waals surface area (Å²) in [4.78, 5) is 44.5. The average molecular weight is 575 g/mol. The average Bonchev–Trinajstić information content (AvgIpc) is 3.68. The van der Waals surface area contributed by atoms with Crippen LogP contribution in [0.4, 0.5) is 0 Å². The van der Waals surface area contributed by atoms with Crippen molar-refractivity contribution in [3.8, 4) is 16.9 Å². The van der Waals surface area contributed by atoms with Crippen molar-refractivity contribution in [1.82, 2.24) is 30.7 Å². The molecule has 1 aliphatic rings. The number of fused-ring (bicyclic) bond motifs is 5. The fourth-order valence-corrected chi connectivity index (χ4v) is 5.16. The minimum absolute atomic E-state index is 0.108. The van der Waals surface area contributed by atoms with Crippen molar-refractivity contribution in [2.75, 3.05) is 26.2 Å². The Balaban J connectivity index is 1.29. The second-order valence-corrected chi connectivity index (χ2v) is 10.5. The van der Waals surface area contributed by atoms with Crippen LogP contribution < -0.4 is 10.6 Å². The number of phenolic OH excluding ortho intramolecular Hbond substituents is 1. The number of hydrogen-bond acceptors (Lipinski definition) is 8. The first kappa shape index (κ1) is 28.0. The maximum absolute atomic E-state index is 13.3. The van der Waals surface area contributed by atoms with Gasteiger partial charge in [-0.05, 0) is 66.8 Å². The van der Waals surface area contributed by atoms with E-state index >= 15 is 0 Å². The van der Waals surface area contributed by atoms with Crippen LogP contribution in [0.25, 0.3) is 11.1 Å². The Labute approximate surface area is 240 Å². The molecule has 3 heterocycles. The summed E-state index contributed by atoms with van der Waals surface area (Å²) in [7, 11) is 0. The molecule has 0 spiro atoms. The molecule has 0 atom stereocenters. The van der Waals surface area contributed by atoms with E-state index in [9.17, 15) is 19.5 Å². The molecule has 0 unspecified atom stereocenters. The first-order valence-electron chi connectivity index (χ1n) is 13.3. The molecular weight excluding hydrogens is 544 g/mol. The summed E-state index contributed by atoms with van der Waals surface area (Å²) < 4.78 is 5.78. The van der Waals surface area contributed by atoms with Crippen molar-refractivity contribution < 1.29 is 23.9 Å². The van der Waals surface area contributed by atoms with E-state index in [1.165, 1.54) is 23.0 Å². The number of carbonyl (C=O) groups excluding carboxylic acids is 3. The Bertz CT molecular complexity index is 1520. The number of H-pyrrole nitrogens is 1. The topological polar surface area (TPSA) is 153 Å². The fraction of sp³-hybridized carbons (Fsp3) is 0.276. The number of benzene rings is 2. The first-order valence-corrected chi connectivity index (χ1v) is 14.3. The smallest absolute Gasteiger partial charge is 0.290 e. The minimum Gasteiger partial charge on any atom is -0.507 e. The van der Waals surface area contributed by atoms with E-state index in [0.717, 1.165) is 11.1 Å². The molecule has 12 heteroatoms. The second-order valence-electron chi connectivity index (χ2n) is 9.57. The normalized spacial score (nSPS) is 15.0. The number of nitrogens with one attached hydrogen (secondary N) is 3. The van der Waals surface area contributed by atoms with Crippen LogP contribution in [0.15, 0.2) is 70.5 Å². The highest BCUT2D eigenvalue weighted by atomic mass is 32.2. The Morgan fingerprint density at radius 3 is 2.76 bits per heavy atom. The largest absolute Gasteiger partial charge is 0.507 e. The molecule has 1 aliphatic heterocycles. The molecule has 41 heavy (non-hydrogen) atoms. The van der Waals surface area contributed by atoms with Crippen molar-refractivity contribution in [2.24, 2.45) is 0 Å². The second kappa shape index (κ2) is 13.2. The van der Waals surface area contributed by atoms with E-state index in [4.69, 9.17) is 4.42 Å². The Morgan fingerprint density at radius 1 is 1.02 bits per heavy atom. The molecule has 5 rings (SSSR count). The predicted octanol–water partition coefficient (Wildman–Crippen LogP) is 3.39. The molecular formula is C29H30N6O5S. The molecule has 11 nitrogen and oxygen atoms in total. The number of rotatable bonds is 4. The molecule has 4 bridgehead atoms. The van der Waals surface area contributed by atoms with Crippen molar-refractivity contribution in [3.05, 3.63) is 83.6 Å². The quantitative estimate of drug-likeness (QED) is 0.271. The lowest BCUT2D eigenvalue weighted by Crippen LogP contribution is -2.41. The summed E-state index contributed by atoms with van der Waals surface area (Å²) in [5.74, 6) is 0.434. The SMILES string of the molecule is O=C1CN(C(=O)c2ccc(CSc3ncn[nH]3)o2)CCCCNC(=O)c2cccc(c2)-c2cc(ccc2O)CCN1. The third-order valence-corrected chi connectivity index (χ3v) is 7.51. The zero-order chi connectivity index (χ0) is 28.6. The van der Waals surface area contributed by atoms with Gasteiger partial charge in [0.25, 0.3) is 11.8 Å². The van der Waals surface area contributed by atoms with E-state index in [1.54, 1.807) is 42.5 Å². The maximum Gasteiger partial charge on any atom is 0.290 e. The standard InChI is InChI=1S/C29H30N6O5S/c36-24-8-6-19-10-12-30-26(37)16-35(28(39)25-9-7-22(40-25)17-41-29-32-18-33-34-29)13-2-1-11-31-27(38)21-5-3-4-20(15-21)23(24)14-19/h3-9,14-15,18,36H,1-2,10-13,16-17H2,(H,30,37)(H,31,38)(H,32,33,34). The molecule has 4 aromatic rings. The van der Waals surface area contributed by atoms with Crippen LogP contribution in [-0.4, -0.2) is 69.1 Å². The Kier molecular flexibility index (Phi) is 8.99. The van der Waals surface area contributed by atoms with Crippen LogP contribution in [0.1, 0.15) is 45.1 Å². The number of carbonyl (C=O) groups is 3. The Morgan fingerprint density at radius 2 is 1.90 bits per heavy atom. The van der Waals surface area contributed by atoms with Crippen LogP contribution in [0.2, 0.25) is 0 Å². The number of nitrogens with zero attached hydrogens (tertiary/aromatic N) is 3. The van der Waals surface area contributed by atoms with Gasteiger partial charge in [-0.3, -0.25) is 19.5 Å². The molecule has 0 saturated carbocycles. The lowest BCUT2D eigenvalue weighted by molar-refractivity contribution is -0.121. The summed E-state index contributed by atoms with van der Waals surface area (Å²) in [6, 6.07) is 15.7. The molecule has 0 aliphatic carbocycles. The predicted molar refractivity (Wildman–Crippen MR) is 152 cm³/mol. The minimum atomic E-state index is -0.380. The third-order valence-electron chi connectivity index (χ3n) is 6.61. The summed E-state index contributed by atoms with van der Waals surface area (Å²) >= 11 is 1.39. The van der Waals surface area contributed by atoms with Gasteiger partial charge in [0.05, 0.1) is 12.3 Å². The number of aromatic hydroxyl groups is 1. The van der Waals surface area contributed by atoms with Crippen molar-refractivity contribution in [1.29, 1.82) is 0 Å². The van der Waals surface area contributed by atoms with Crippen LogP contribution in [-0.2, 0) is 17.0 Å². The van der Waals surface area contributed by atoms with Gasteiger partial charge in [0.1, 0.15) is 17.8 Å². The van der Waals surface area contributed by atoms with E-state index in [1.807, 2.05) is 12.1 Å². The summed E-state index contributed by atoms with van der Waals surface area (Å²) in [5.41, 5.74) is 2.74. The highest BCUT2D eigenvalue weighted by Crippen LogP contribution is 2.31. The molecule has 0 radical (unpaired) electrons. The molecule has 2 aromatic carbocycles. The van der Waals surface area contributed by atoms with Gasteiger partial charge in [0.15, 0.2) is 10.9 Å². The van der Waals surface area contributed by atoms with E-state index in [2.05, 4.69) is 25.8 Å². The van der Waals surface area contributed by atoms with Crippen LogP contribution >= 0.6 is 11.8 Å². The molecule has 0 saturated heterocycles. The molecule has 4 N–H and O–H groups in total. The molecule has 3 amide bonds. The molecule has 2 aromatic heterocycles. The summed E-state index contributed by atoms with van der Waals surface area (Å²) in [6.07, 6.45) is 3.13. The zero-order valence-corrected chi connectivity index (χ0v) is 23.1. The van der Waals surface area contributed by atoms with Crippen LogP contribution in [0, 0.1) is 0 Å². The lowest BCUT2D eigenvalue weighted by Gasteiger charge is -2.21. The number of furan rings is 1. The Hall–Kier alpha value is -4.58. The van der Waals surface area contributed by atoms with Gasteiger partial charge in [0, 0.05) is 30.8 Å². The van der Waals surface area contributed by atoms with Gasteiger partial charge in [0.2, 0.25) is 5.91 Å². The van der Waals surface area contributed by atoms with Crippen molar-refractivity contribution in [2.45, 2.75) is 30.2 Å². The maximum atomic E-state index is 13.3.